The van der Waals surface area contributed by atoms with Gasteiger partial charge in [-0.25, -0.2) is 4.39 Å². The largest absolute Gasteiger partial charge is 0.388 e. The number of halogens is 1. The molecule has 0 amide bonds. The van der Waals surface area contributed by atoms with Crippen LogP contribution < -0.4 is 15.9 Å². The minimum atomic E-state index is -2.23. The molecule has 4 heteroatoms. The van der Waals surface area contributed by atoms with Crippen LogP contribution in [0.2, 0.25) is 0 Å². The number of carbonyl (C=O) groups excluding carboxylic acids is 1. The fourth-order valence-electron chi connectivity index (χ4n) is 4.26. The summed E-state index contributed by atoms with van der Waals surface area (Å²) in [5, 5.41) is 14.0. The van der Waals surface area contributed by atoms with Crippen molar-refractivity contribution in [1.29, 1.82) is 0 Å². The lowest BCUT2D eigenvalue weighted by Gasteiger charge is -2.27. The Balaban J connectivity index is 1.66. The highest BCUT2D eigenvalue weighted by Crippen LogP contribution is 2.55. The normalized spacial score (nSPS) is 12.3. The highest BCUT2D eigenvalue weighted by Gasteiger charge is 2.46. The molecule has 0 saturated heterocycles. The van der Waals surface area contributed by atoms with Gasteiger partial charge in [-0.05, 0) is 60.5 Å². The van der Waals surface area contributed by atoms with Gasteiger partial charge in [0, 0.05) is 6.42 Å². The van der Waals surface area contributed by atoms with E-state index in [-0.39, 0.29) is 18.0 Å². The molecule has 0 fully saturated rings. The summed E-state index contributed by atoms with van der Waals surface area (Å²) in [5.74, 6) is -0.230. The molecule has 0 saturated carbocycles. The topological polar surface area (TPSA) is 37.3 Å². The molecule has 0 heterocycles. The lowest BCUT2D eigenvalue weighted by molar-refractivity contribution is -0.117. The van der Waals surface area contributed by atoms with E-state index in [1.54, 1.807) is 12.1 Å². The molecule has 4 aromatic carbocycles. The average Bonchev–Trinajstić information content (AvgIpc) is 2.88. The van der Waals surface area contributed by atoms with Crippen molar-refractivity contribution in [2.24, 2.45) is 0 Å². The molecular formula is C29H27FO2P+. The first kappa shape index (κ1) is 23.0. The molecule has 1 atom stereocenters. The van der Waals surface area contributed by atoms with Gasteiger partial charge < -0.3 is 5.11 Å². The molecule has 166 valence electrons. The summed E-state index contributed by atoms with van der Waals surface area (Å²) in [6, 6.07) is 36.7. The van der Waals surface area contributed by atoms with Gasteiger partial charge in [0.15, 0.2) is 5.78 Å². The third-order valence-corrected chi connectivity index (χ3v) is 10.3. The van der Waals surface area contributed by atoms with Gasteiger partial charge in [-0.15, -0.1) is 0 Å². The van der Waals surface area contributed by atoms with Crippen molar-refractivity contribution in [3.63, 3.8) is 0 Å². The Kier molecular flexibility index (Phi) is 7.44. The maximum absolute atomic E-state index is 13.4. The van der Waals surface area contributed by atoms with E-state index >= 15 is 0 Å². The molecule has 0 spiro atoms. The van der Waals surface area contributed by atoms with Crippen LogP contribution in [0.1, 0.15) is 24.5 Å². The van der Waals surface area contributed by atoms with E-state index in [2.05, 4.69) is 36.4 Å². The van der Waals surface area contributed by atoms with Crippen LogP contribution in [0, 0.1) is 5.82 Å². The number of rotatable bonds is 9. The van der Waals surface area contributed by atoms with Gasteiger partial charge in [0.05, 0.1) is 6.10 Å². The number of benzene rings is 4. The van der Waals surface area contributed by atoms with E-state index in [0.717, 1.165) is 15.9 Å². The van der Waals surface area contributed by atoms with Crippen molar-refractivity contribution in [3.8, 4) is 0 Å². The van der Waals surface area contributed by atoms with Gasteiger partial charge in [0.25, 0.3) is 0 Å². The second-order valence-corrected chi connectivity index (χ2v) is 11.6. The van der Waals surface area contributed by atoms with Gasteiger partial charge in [-0.2, -0.15) is 0 Å². The Morgan fingerprint density at radius 1 is 0.697 bits per heavy atom. The Morgan fingerprint density at radius 3 is 1.55 bits per heavy atom. The van der Waals surface area contributed by atoms with E-state index in [1.165, 1.54) is 12.1 Å². The van der Waals surface area contributed by atoms with Crippen LogP contribution in [0.3, 0.4) is 0 Å². The summed E-state index contributed by atoms with van der Waals surface area (Å²) in [6.07, 6.45) is 0.157. The van der Waals surface area contributed by atoms with Crippen LogP contribution in [0.4, 0.5) is 4.39 Å². The van der Waals surface area contributed by atoms with E-state index in [9.17, 15) is 14.3 Å². The fraction of sp³-hybridized carbons (Fsp3) is 0.138. The Morgan fingerprint density at radius 2 is 1.12 bits per heavy atom. The molecule has 2 nitrogen and oxygen atoms in total. The Bertz CT molecular complexity index is 1070. The zero-order valence-electron chi connectivity index (χ0n) is 18.3. The maximum Gasteiger partial charge on any atom is 0.171 e. The summed E-state index contributed by atoms with van der Waals surface area (Å²) in [6.45, 7) is 0. The van der Waals surface area contributed by atoms with Crippen molar-refractivity contribution in [3.05, 3.63) is 127 Å². The van der Waals surface area contributed by atoms with Crippen LogP contribution >= 0.6 is 7.26 Å². The van der Waals surface area contributed by atoms with Crippen LogP contribution in [0.25, 0.3) is 0 Å². The highest BCUT2D eigenvalue weighted by atomic mass is 31.2. The SMILES string of the molecule is O=C(CCC(O)c1ccc(F)cc1)C[P+](c1ccccc1)(c1ccccc1)c1ccccc1. The smallest absolute Gasteiger partial charge is 0.171 e. The third-order valence-electron chi connectivity index (χ3n) is 5.96. The van der Waals surface area contributed by atoms with E-state index < -0.39 is 13.4 Å². The molecule has 0 aromatic heterocycles. The first-order valence-corrected chi connectivity index (χ1v) is 13.1. The lowest BCUT2D eigenvalue weighted by atomic mass is 10.0. The quantitative estimate of drug-likeness (QED) is 0.351. The number of hydrogen-bond donors (Lipinski definition) is 1. The number of carbonyl (C=O) groups is 1. The van der Waals surface area contributed by atoms with Gasteiger partial charge >= 0.3 is 0 Å². The zero-order valence-corrected chi connectivity index (χ0v) is 19.2. The second kappa shape index (κ2) is 10.7. The maximum atomic E-state index is 13.4. The molecule has 0 bridgehead atoms. The molecule has 0 aliphatic rings. The number of aliphatic hydroxyl groups excluding tert-OH is 1. The fourth-order valence-corrected chi connectivity index (χ4v) is 8.43. The summed E-state index contributed by atoms with van der Waals surface area (Å²) < 4.78 is 13.2. The monoisotopic (exact) mass is 457 g/mol. The van der Waals surface area contributed by atoms with Crippen molar-refractivity contribution < 1.29 is 14.3 Å². The number of hydrogen-bond acceptors (Lipinski definition) is 2. The van der Waals surface area contributed by atoms with Crippen LogP contribution in [0.15, 0.2) is 115 Å². The van der Waals surface area contributed by atoms with Crippen molar-refractivity contribution in [2.45, 2.75) is 18.9 Å². The summed E-state index contributed by atoms with van der Waals surface area (Å²) >= 11 is 0. The van der Waals surface area contributed by atoms with E-state index in [0.29, 0.717) is 18.1 Å². The van der Waals surface area contributed by atoms with Crippen LogP contribution in [-0.4, -0.2) is 17.1 Å². The molecule has 1 N–H and O–H groups in total. The van der Waals surface area contributed by atoms with Crippen molar-refractivity contribution in [2.75, 3.05) is 6.16 Å². The number of ketones is 1. The molecule has 1 unspecified atom stereocenters. The first-order valence-electron chi connectivity index (χ1n) is 11.1. The van der Waals surface area contributed by atoms with Gasteiger partial charge in [-0.3, -0.25) is 4.79 Å². The predicted octanol–water partition coefficient (Wildman–Crippen LogP) is 5.20. The molecular weight excluding hydrogens is 430 g/mol. The Hall–Kier alpha value is -3.13. The third kappa shape index (κ3) is 5.27. The Labute approximate surface area is 195 Å². The predicted molar refractivity (Wildman–Crippen MR) is 136 cm³/mol. The molecule has 4 rings (SSSR count). The van der Waals surface area contributed by atoms with E-state index in [4.69, 9.17) is 0 Å². The molecule has 33 heavy (non-hydrogen) atoms. The highest BCUT2D eigenvalue weighted by molar-refractivity contribution is 7.96. The van der Waals surface area contributed by atoms with Crippen molar-refractivity contribution >= 4 is 29.0 Å². The molecule has 4 aromatic rings. The first-order chi connectivity index (χ1) is 16.1. The average molecular weight is 458 g/mol. The van der Waals surface area contributed by atoms with Gasteiger partial charge in [-0.1, -0.05) is 66.7 Å². The summed E-state index contributed by atoms with van der Waals surface area (Å²) in [5.41, 5.74) is 0.624. The molecule has 0 radical (unpaired) electrons. The summed E-state index contributed by atoms with van der Waals surface area (Å²) in [7, 11) is -2.23. The number of Topliss-reactive ketones (excluding diaryl/α,β-unsaturated/α-hetero) is 1. The molecule has 0 aliphatic carbocycles. The second-order valence-electron chi connectivity index (χ2n) is 8.12. The standard InChI is InChI=1S/C29H27FO2P/c30-24-18-16-23(17-19-24)29(32)21-20-25(31)22-33(26-10-4-1-5-11-26,27-12-6-2-7-13-27)28-14-8-3-9-15-28/h1-19,29,32H,20-22H2/q+1. The minimum Gasteiger partial charge on any atom is -0.388 e. The molecule has 0 aliphatic heterocycles. The minimum absolute atomic E-state index is 0.112. The van der Waals surface area contributed by atoms with Crippen molar-refractivity contribution in [1.82, 2.24) is 0 Å². The number of aliphatic hydroxyl groups is 1. The van der Waals surface area contributed by atoms with Gasteiger partial charge in [0.1, 0.15) is 35.2 Å². The summed E-state index contributed by atoms with van der Waals surface area (Å²) in [4.78, 5) is 13.4. The van der Waals surface area contributed by atoms with Gasteiger partial charge in [0.2, 0.25) is 0 Å². The van der Waals surface area contributed by atoms with Crippen LogP contribution in [0.5, 0.6) is 0 Å². The lowest BCUT2D eigenvalue weighted by Crippen LogP contribution is -2.35. The zero-order chi connectivity index (χ0) is 23.1. The van der Waals surface area contributed by atoms with E-state index in [1.807, 2.05) is 54.6 Å². The van der Waals surface area contributed by atoms with Crippen LogP contribution in [-0.2, 0) is 4.79 Å².